The first-order chi connectivity index (χ1) is 5.58. The molecule has 0 aromatic rings. The molecule has 0 spiro atoms. The lowest BCUT2D eigenvalue weighted by Crippen LogP contribution is -2.72. The maximum absolute atomic E-state index is 13.5. The number of hydrogen-bond donors (Lipinski definition) is 2. The van der Waals surface area contributed by atoms with Gasteiger partial charge in [-0.15, -0.1) is 24.8 Å². The standard InChI is InChI=1S/C9H18F2N2.2ClH/c1-7(2)5-6(12)9(10,11)8(3,4)13-7;;/h6,13H,5,12H2,1-4H3;2*1H. The van der Waals surface area contributed by atoms with Crippen LogP contribution in [0.3, 0.4) is 0 Å². The van der Waals surface area contributed by atoms with Crippen molar-refractivity contribution < 1.29 is 8.78 Å². The Morgan fingerprint density at radius 2 is 1.53 bits per heavy atom. The lowest BCUT2D eigenvalue weighted by molar-refractivity contribution is -0.133. The van der Waals surface area contributed by atoms with Crippen LogP contribution in [-0.4, -0.2) is 23.0 Å². The number of nitrogens with one attached hydrogen (secondary N) is 1. The largest absolute Gasteiger partial charge is 0.323 e. The van der Waals surface area contributed by atoms with E-state index in [0.29, 0.717) is 6.42 Å². The number of piperidine rings is 1. The Balaban J connectivity index is 0. The second-order valence-electron chi connectivity index (χ2n) is 5.07. The third-order valence-electron chi connectivity index (χ3n) is 2.68. The molecule has 3 N–H and O–H groups in total. The second kappa shape index (κ2) is 4.70. The molecule has 1 unspecified atom stereocenters. The molecule has 1 aliphatic rings. The molecule has 0 aromatic heterocycles. The van der Waals surface area contributed by atoms with Crippen LogP contribution in [0, 0.1) is 0 Å². The van der Waals surface area contributed by atoms with Crippen LogP contribution in [0.4, 0.5) is 8.78 Å². The van der Waals surface area contributed by atoms with E-state index in [2.05, 4.69) is 5.32 Å². The van der Waals surface area contributed by atoms with Gasteiger partial charge in [-0.05, 0) is 34.1 Å². The predicted molar refractivity (Wildman–Crippen MR) is 63.3 cm³/mol. The van der Waals surface area contributed by atoms with Crippen molar-refractivity contribution in [3.05, 3.63) is 0 Å². The summed E-state index contributed by atoms with van der Waals surface area (Å²) in [7, 11) is 0. The maximum Gasteiger partial charge on any atom is 0.280 e. The highest BCUT2D eigenvalue weighted by Crippen LogP contribution is 2.39. The summed E-state index contributed by atoms with van der Waals surface area (Å²) < 4.78 is 27.1. The van der Waals surface area contributed by atoms with Crippen LogP contribution in [0.1, 0.15) is 34.1 Å². The molecule has 0 radical (unpaired) electrons. The fraction of sp³-hybridized carbons (Fsp3) is 1.00. The quantitative estimate of drug-likeness (QED) is 0.705. The van der Waals surface area contributed by atoms with E-state index in [4.69, 9.17) is 5.73 Å². The highest BCUT2D eigenvalue weighted by atomic mass is 35.5. The van der Waals surface area contributed by atoms with Gasteiger partial charge in [0.2, 0.25) is 0 Å². The van der Waals surface area contributed by atoms with Crippen molar-refractivity contribution in [2.24, 2.45) is 5.73 Å². The number of halogens is 4. The number of nitrogens with two attached hydrogens (primary N) is 1. The highest BCUT2D eigenvalue weighted by Gasteiger charge is 2.57. The van der Waals surface area contributed by atoms with Crippen LogP contribution in [0.5, 0.6) is 0 Å². The summed E-state index contributed by atoms with van der Waals surface area (Å²) in [6.07, 6.45) is 0.295. The molecule has 15 heavy (non-hydrogen) atoms. The van der Waals surface area contributed by atoms with Gasteiger partial charge in [0, 0.05) is 5.54 Å². The monoisotopic (exact) mass is 264 g/mol. The molecule has 1 aliphatic heterocycles. The van der Waals surface area contributed by atoms with Crippen LogP contribution in [-0.2, 0) is 0 Å². The zero-order chi connectivity index (χ0) is 10.5. The first kappa shape index (κ1) is 17.7. The Morgan fingerprint density at radius 1 is 1.13 bits per heavy atom. The molecule has 1 atom stereocenters. The van der Waals surface area contributed by atoms with Crippen molar-refractivity contribution in [3.8, 4) is 0 Å². The summed E-state index contributed by atoms with van der Waals surface area (Å²) in [4.78, 5) is 0. The fourth-order valence-corrected chi connectivity index (χ4v) is 2.12. The van der Waals surface area contributed by atoms with E-state index in [1.807, 2.05) is 13.8 Å². The zero-order valence-corrected chi connectivity index (χ0v) is 11.1. The Labute approximate surface area is 102 Å². The highest BCUT2D eigenvalue weighted by molar-refractivity contribution is 5.85. The van der Waals surface area contributed by atoms with Crippen molar-refractivity contribution >= 4 is 24.8 Å². The van der Waals surface area contributed by atoms with Gasteiger partial charge in [-0.3, -0.25) is 0 Å². The Kier molecular flexibility index (Phi) is 5.56. The molecular weight excluding hydrogens is 245 g/mol. The molecule has 0 aliphatic carbocycles. The zero-order valence-electron chi connectivity index (χ0n) is 9.43. The molecule has 2 nitrogen and oxygen atoms in total. The smallest absolute Gasteiger partial charge is 0.280 e. The Morgan fingerprint density at radius 3 is 1.87 bits per heavy atom. The molecule has 0 bridgehead atoms. The van der Waals surface area contributed by atoms with E-state index in [9.17, 15) is 8.78 Å². The summed E-state index contributed by atoms with van der Waals surface area (Å²) in [6, 6.07) is -1.06. The third kappa shape index (κ3) is 3.16. The molecule has 0 saturated carbocycles. The van der Waals surface area contributed by atoms with E-state index in [1.54, 1.807) is 0 Å². The summed E-state index contributed by atoms with van der Waals surface area (Å²) in [6.45, 7) is 6.77. The molecule has 1 rings (SSSR count). The predicted octanol–water partition coefficient (Wildman–Crippen LogP) is 2.34. The lowest BCUT2D eigenvalue weighted by atomic mass is 9.77. The van der Waals surface area contributed by atoms with E-state index < -0.39 is 17.5 Å². The van der Waals surface area contributed by atoms with Gasteiger partial charge in [-0.1, -0.05) is 0 Å². The summed E-state index contributed by atoms with van der Waals surface area (Å²) in [5.74, 6) is -2.84. The van der Waals surface area contributed by atoms with Gasteiger partial charge < -0.3 is 11.1 Å². The van der Waals surface area contributed by atoms with Gasteiger partial charge >= 0.3 is 0 Å². The number of alkyl halides is 2. The van der Waals surface area contributed by atoms with Crippen molar-refractivity contribution in [1.82, 2.24) is 5.32 Å². The molecule has 6 heteroatoms. The van der Waals surface area contributed by atoms with E-state index in [0.717, 1.165) is 0 Å². The molecular formula is C9H20Cl2F2N2. The minimum atomic E-state index is -2.84. The summed E-state index contributed by atoms with van der Waals surface area (Å²) >= 11 is 0. The van der Waals surface area contributed by atoms with E-state index in [-0.39, 0.29) is 30.4 Å². The molecule has 1 heterocycles. The molecule has 0 amide bonds. The molecule has 0 aromatic carbocycles. The first-order valence-electron chi connectivity index (χ1n) is 4.51. The van der Waals surface area contributed by atoms with E-state index >= 15 is 0 Å². The fourth-order valence-electron chi connectivity index (χ4n) is 2.12. The van der Waals surface area contributed by atoms with Crippen LogP contribution < -0.4 is 11.1 Å². The first-order valence-corrected chi connectivity index (χ1v) is 4.51. The van der Waals surface area contributed by atoms with E-state index in [1.165, 1.54) is 13.8 Å². The Bertz CT molecular complexity index is 220. The van der Waals surface area contributed by atoms with Crippen LogP contribution in [0.25, 0.3) is 0 Å². The average Bonchev–Trinajstić information content (AvgIpc) is 1.80. The topological polar surface area (TPSA) is 38.0 Å². The van der Waals surface area contributed by atoms with Crippen molar-refractivity contribution in [2.45, 2.75) is 57.2 Å². The third-order valence-corrected chi connectivity index (χ3v) is 2.68. The lowest BCUT2D eigenvalue weighted by Gasteiger charge is -2.50. The average molecular weight is 265 g/mol. The summed E-state index contributed by atoms with van der Waals surface area (Å²) in [5.41, 5.74) is 3.93. The van der Waals surface area contributed by atoms with Crippen molar-refractivity contribution in [3.63, 3.8) is 0 Å². The second-order valence-corrected chi connectivity index (χ2v) is 5.07. The van der Waals surface area contributed by atoms with Crippen LogP contribution >= 0.6 is 24.8 Å². The SMILES string of the molecule is CC1(C)CC(N)C(F)(F)C(C)(C)N1.Cl.Cl. The normalized spacial score (nSPS) is 31.0. The van der Waals surface area contributed by atoms with Gasteiger partial charge in [0.1, 0.15) is 0 Å². The van der Waals surface area contributed by atoms with Gasteiger partial charge in [0.25, 0.3) is 5.92 Å². The van der Waals surface area contributed by atoms with Crippen molar-refractivity contribution in [2.75, 3.05) is 0 Å². The van der Waals surface area contributed by atoms with Gasteiger partial charge in [-0.25, -0.2) is 8.78 Å². The minimum absolute atomic E-state index is 0. The van der Waals surface area contributed by atoms with Gasteiger partial charge in [-0.2, -0.15) is 0 Å². The maximum atomic E-state index is 13.5. The number of hydrogen-bond acceptors (Lipinski definition) is 2. The molecule has 1 fully saturated rings. The molecule has 1 saturated heterocycles. The van der Waals surface area contributed by atoms with Crippen molar-refractivity contribution in [1.29, 1.82) is 0 Å². The minimum Gasteiger partial charge on any atom is -0.323 e. The Hall–Kier alpha value is 0.360. The van der Waals surface area contributed by atoms with Gasteiger partial charge in [0.05, 0.1) is 11.6 Å². The summed E-state index contributed by atoms with van der Waals surface area (Å²) in [5, 5.41) is 2.92. The van der Waals surface area contributed by atoms with Crippen LogP contribution in [0.15, 0.2) is 0 Å². The van der Waals surface area contributed by atoms with Gasteiger partial charge in [0.15, 0.2) is 0 Å². The molecule has 94 valence electrons. The van der Waals surface area contributed by atoms with Crippen LogP contribution in [0.2, 0.25) is 0 Å². The number of rotatable bonds is 0.